The Balaban J connectivity index is 2.42. The SMILES string of the molecule is CCCCS(=O)(=O)NC1CNCC1C. The van der Waals surface area contributed by atoms with Gasteiger partial charge in [0.15, 0.2) is 0 Å². The summed E-state index contributed by atoms with van der Waals surface area (Å²) in [6, 6.07) is 0.0804. The summed E-state index contributed by atoms with van der Waals surface area (Å²) in [6.07, 6.45) is 1.66. The van der Waals surface area contributed by atoms with Gasteiger partial charge in [-0.15, -0.1) is 0 Å². The fourth-order valence-corrected chi connectivity index (χ4v) is 3.16. The summed E-state index contributed by atoms with van der Waals surface area (Å²) in [5.74, 6) is 0.651. The highest BCUT2D eigenvalue weighted by Gasteiger charge is 2.26. The maximum atomic E-state index is 11.6. The van der Waals surface area contributed by atoms with Gasteiger partial charge in [0, 0.05) is 12.6 Å². The zero-order valence-corrected chi connectivity index (χ0v) is 9.73. The Kier molecular flexibility index (Phi) is 4.34. The lowest BCUT2D eigenvalue weighted by atomic mass is 10.1. The van der Waals surface area contributed by atoms with Crippen molar-refractivity contribution in [1.29, 1.82) is 0 Å². The van der Waals surface area contributed by atoms with Crippen molar-refractivity contribution >= 4 is 10.0 Å². The lowest BCUT2D eigenvalue weighted by Gasteiger charge is -2.16. The van der Waals surface area contributed by atoms with Crippen LogP contribution in [0.4, 0.5) is 0 Å². The Hall–Kier alpha value is -0.130. The van der Waals surface area contributed by atoms with Gasteiger partial charge in [-0.2, -0.15) is 0 Å². The van der Waals surface area contributed by atoms with Crippen LogP contribution in [-0.2, 0) is 10.0 Å². The highest BCUT2D eigenvalue weighted by molar-refractivity contribution is 7.89. The molecule has 0 spiro atoms. The third-order valence-electron chi connectivity index (χ3n) is 2.62. The molecule has 1 aliphatic rings. The molecule has 0 aromatic heterocycles. The van der Waals surface area contributed by atoms with Gasteiger partial charge < -0.3 is 5.32 Å². The van der Waals surface area contributed by atoms with Gasteiger partial charge in [-0.3, -0.25) is 0 Å². The van der Waals surface area contributed by atoms with Crippen molar-refractivity contribution in [2.45, 2.75) is 32.7 Å². The second-order valence-corrected chi connectivity index (χ2v) is 5.91. The smallest absolute Gasteiger partial charge is 0.211 e. The van der Waals surface area contributed by atoms with E-state index in [0.29, 0.717) is 5.92 Å². The highest BCUT2D eigenvalue weighted by Crippen LogP contribution is 2.09. The molecule has 2 unspecified atom stereocenters. The summed E-state index contributed by atoms with van der Waals surface area (Å²) in [4.78, 5) is 0. The summed E-state index contributed by atoms with van der Waals surface area (Å²) in [5.41, 5.74) is 0. The van der Waals surface area contributed by atoms with Crippen LogP contribution in [0, 0.1) is 5.92 Å². The zero-order chi connectivity index (χ0) is 10.6. The van der Waals surface area contributed by atoms with E-state index in [4.69, 9.17) is 0 Å². The number of sulfonamides is 1. The fourth-order valence-electron chi connectivity index (χ4n) is 1.59. The molecule has 1 rings (SSSR count). The van der Waals surface area contributed by atoms with E-state index < -0.39 is 10.0 Å². The van der Waals surface area contributed by atoms with E-state index in [1.165, 1.54) is 0 Å². The van der Waals surface area contributed by atoms with Gasteiger partial charge in [0.05, 0.1) is 5.75 Å². The molecule has 1 aliphatic heterocycles. The highest BCUT2D eigenvalue weighted by atomic mass is 32.2. The Morgan fingerprint density at radius 1 is 1.43 bits per heavy atom. The first-order valence-corrected chi connectivity index (χ1v) is 6.91. The molecule has 0 radical (unpaired) electrons. The molecule has 0 aromatic carbocycles. The van der Waals surface area contributed by atoms with E-state index in [1.807, 2.05) is 6.92 Å². The molecule has 5 heteroatoms. The third kappa shape index (κ3) is 3.55. The van der Waals surface area contributed by atoms with Crippen molar-refractivity contribution in [3.05, 3.63) is 0 Å². The average Bonchev–Trinajstić information content (AvgIpc) is 2.48. The largest absolute Gasteiger partial charge is 0.315 e. The Bertz CT molecular complexity index is 264. The lowest BCUT2D eigenvalue weighted by Crippen LogP contribution is -2.40. The van der Waals surface area contributed by atoms with Crippen molar-refractivity contribution in [3.63, 3.8) is 0 Å². The molecular formula is C9H20N2O2S. The van der Waals surface area contributed by atoms with Crippen molar-refractivity contribution < 1.29 is 8.42 Å². The Morgan fingerprint density at radius 3 is 2.64 bits per heavy atom. The van der Waals surface area contributed by atoms with E-state index in [-0.39, 0.29) is 11.8 Å². The second-order valence-electron chi connectivity index (χ2n) is 4.03. The normalized spacial score (nSPS) is 28.1. The predicted molar refractivity (Wildman–Crippen MR) is 57.7 cm³/mol. The Morgan fingerprint density at radius 2 is 2.14 bits per heavy atom. The van der Waals surface area contributed by atoms with E-state index in [9.17, 15) is 8.42 Å². The number of hydrogen-bond acceptors (Lipinski definition) is 3. The van der Waals surface area contributed by atoms with Gasteiger partial charge in [-0.05, 0) is 18.9 Å². The molecule has 0 aliphatic carbocycles. The molecule has 0 bridgehead atoms. The van der Waals surface area contributed by atoms with Crippen molar-refractivity contribution in [2.75, 3.05) is 18.8 Å². The van der Waals surface area contributed by atoms with Gasteiger partial charge in [0.2, 0.25) is 10.0 Å². The minimum absolute atomic E-state index is 0.0804. The minimum Gasteiger partial charge on any atom is -0.315 e. The minimum atomic E-state index is -3.05. The molecule has 4 nitrogen and oxygen atoms in total. The van der Waals surface area contributed by atoms with Crippen molar-refractivity contribution in [2.24, 2.45) is 5.92 Å². The fraction of sp³-hybridized carbons (Fsp3) is 1.00. The molecular weight excluding hydrogens is 200 g/mol. The molecule has 2 N–H and O–H groups in total. The van der Waals surface area contributed by atoms with Crippen molar-refractivity contribution in [3.8, 4) is 0 Å². The third-order valence-corrected chi connectivity index (χ3v) is 4.10. The van der Waals surface area contributed by atoms with Crippen LogP contribution in [0.15, 0.2) is 0 Å². The van der Waals surface area contributed by atoms with Crippen LogP contribution >= 0.6 is 0 Å². The number of rotatable bonds is 5. The van der Waals surface area contributed by atoms with E-state index in [0.717, 1.165) is 25.9 Å². The summed E-state index contributed by atoms with van der Waals surface area (Å²) < 4.78 is 25.9. The molecule has 14 heavy (non-hydrogen) atoms. The summed E-state index contributed by atoms with van der Waals surface area (Å²) >= 11 is 0. The van der Waals surface area contributed by atoms with Crippen LogP contribution in [0.2, 0.25) is 0 Å². The second kappa shape index (κ2) is 5.09. The first kappa shape index (κ1) is 11.9. The molecule has 0 saturated carbocycles. The van der Waals surface area contributed by atoms with Gasteiger partial charge in [0.25, 0.3) is 0 Å². The van der Waals surface area contributed by atoms with Crippen LogP contribution in [0.5, 0.6) is 0 Å². The predicted octanol–water partition coefficient (Wildman–Crippen LogP) is 0.314. The quantitative estimate of drug-likeness (QED) is 0.701. The first-order valence-electron chi connectivity index (χ1n) is 5.26. The molecule has 2 atom stereocenters. The monoisotopic (exact) mass is 220 g/mol. The maximum Gasteiger partial charge on any atom is 0.211 e. The van der Waals surface area contributed by atoms with Gasteiger partial charge in [-0.25, -0.2) is 13.1 Å². The maximum absolute atomic E-state index is 11.6. The van der Waals surface area contributed by atoms with Gasteiger partial charge >= 0.3 is 0 Å². The Labute approximate surface area is 86.5 Å². The van der Waals surface area contributed by atoms with Crippen LogP contribution in [0.25, 0.3) is 0 Å². The van der Waals surface area contributed by atoms with Crippen LogP contribution in [-0.4, -0.2) is 33.3 Å². The summed E-state index contributed by atoms with van der Waals surface area (Å²) in [6.45, 7) is 5.72. The molecule has 84 valence electrons. The van der Waals surface area contributed by atoms with E-state index in [2.05, 4.69) is 17.0 Å². The van der Waals surface area contributed by atoms with E-state index in [1.54, 1.807) is 0 Å². The molecule has 1 heterocycles. The van der Waals surface area contributed by atoms with Crippen molar-refractivity contribution in [1.82, 2.24) is 10.0 Å². The standard InChI is InChI=1S/C9H20N2O2S/c1-3-4-5-14(12,13)11-9-7-10-6-8(9)2/h8-11H,3-7H2,1-2H3. The first-order chi connectivity index (χ1) is 6.55. The summed E-state index contributed by atoms with van der Waals surface area (Å²) in [5, 5.41) is 3.17. The molecule has 0 aromatic rings. The summed E-state index contributed by atoms with van der Waals surface area (Å²) in [7, 11) is -3.05. The number of hydrogen-bond donors (Lipinski definition) is 2. The number of nitrogens with one attached hydrogen (secondary N) is 2. The van der Waals surface area contributed by atoms with Gasteiger partial charge in [0.1, 0.15) is 0 Å². The average molecular weight is 220 g/mol. The van der Waals surface area contributed by atoms with Crippen LogP contribution in [0.3, 0.4) is 0 Å². The molecule has 0 amide bonds. The van der Waals surface area contributed by atoms with Crippen LogP contribution < -0.4 is 10.0 Å². The lowest BCUT2D eigenvalue weighted by molar-refractivity contribution is 0.501. The topological polar surface area (TPSA) is 58.2 Å². The zero-order valence-electron chi connectivity index (χ0n) is 8.91. The van der Waals surface area contributed by atoms with E-state index >= 15 is 0 Å². The van der Waals surface area contributed by atoms with Crippen LogP contribution in [0.1, 0.15) is 26.7 Å². The molecule has 1 saturated heterocycles. The number of unbranched alkanes of at least 4 members (excludes halogenated alkanes) is 1. The molecule has 1 fully saturated rings. The van der Waals surface area contributed by atoms with Gasteiger partial charge in [-0.1, -0.05) is 20.3 Å².